The van der Waals surface area contributed by atoms with E-state index >= 15 is 0 Å². The number of aliphatic hydroxyl groups excluding tert-OH is 1. The van der Waals surface area contributed by atoms with Crippen LogP contribution in [0.25, 0.3) is 0 Å². The van der Waals surface area contributed by atoms with E-state index in [1.807, 2.05) is 0 Å². The highest BCUT2D eigenvalue weighted by Gasteiger charge is 2.30. The summed E-state index contributed by atoms with van der Waals surface area (Å²) < 4.78 is 68.4. The van der Waals surface area contributed by atoms with Crippen LogP contribution < -0.4 is 0 Å². The summed E-state index contributed by atoms with van der Waals surface area (Å²) in [5.41, 5.74) is 0. The van der Waals surface area contributed by atoms with Crippen molar-refractivity contribution in [3.63, 3.8) is 0 Å². The van der Waals surface area contributed by atoms with Crippen molar-refractivity contribution in [1.29, 1.82) is 0 Å². The molecule has 0 rings (SSSR count). The maximum atomic E-state index is 13.1. The molecule has 0 aliphatic carbocycles. The molecule has 3 unspecified atom stereocenters. The summed E-state index contributed by atoms with van der Waals surface area (Å²) in [6, 6.07) is 0. The van der Waals surface area contributed by atoms with E-state index in [0.29, 0.717) is 25.7 Å². The molecule has 6 atom stereocenters. The second-order valence-electron chi connectivity index (χ2n) is 27.3. The number of rotatable bonds is 75. The van der Waals surface area contributed by atoms with Crippen LogP contribution in [0.15, 0.2) is 0 Å². The highest BCUT2D eigenvalue weighted by molar-refractivity contribution is 7.47. The van der Waals surface area contributed by atoms with Gasteiger partial charge in [-0.25, -0.2) is 9.13 Å². The Morgan fingerprint density at radius 1 is 0.298 bits per heavy atom. The first-order chi connectivity index (χ1) is 45.6. The van der Waals surface area contributed by atoms with Crippen molar-refractivity contribution >= 4 is 39.5 Å². The molecule has 0 aromatic carbocycles. The minimum Gasteiger partial charge on any atom is -0.462 e. The molecule has 3 N–H and O–H groups in total. The minimum absolute atomic E-state index is 0.107. The lowest BCUT2D eigenvalue weighted by atomic mass is 9.99. The van der Waals surface area contributed by atoms with Crippen LogP contribution in [0, 0.1) is 5.92 Å². The van der Waals surface area contributed by atoms with E-state index in [0.717, 1.165) is 95.8 Å². The number of phosphoric acid groups is 2. The molecule has 94 heavy (non-hydrogen) atoms. The molecule has 0 fully saturated rings. The number of phosphoric ester groups is 2. The van der Waals surface area contributed by atoms with Gasteiger partial charge in [0.25, 0.3) is 0 Å². The molecular weight excluding hydrogens is 1230 g/mol. The highest BCUT2D eigenvalue weighted by Crippen LogP contribution is 2.45. The van der Waals surface area contributed by atoms with Crippen LogP contribution >= 0.6 is 15.6 Å². The Hall–Kier alpha value is -1.94. The lowest BCUT2D eigenvalue weighted by Gasteiger charge is -2.21. The number of esters is 4. The predicted molar refractivity (Wildman–Crippen MR) is 382 cm³/mol. The zero-order valence-corrected chi connectivity index (χ0v) is 62.9. The first kappa shape index (κ1) is 92.1. The summed E-state index contributed by atoms with van der Waals surface area (Å²) in [4.78, 5) is 72.7. The average molecular weight is 1380 g/mol. The van der Waals surface area contributed by atoms with E-state index in [-0.39, 0.29) is 25.7 Å². The van der Waals surface area contributed by atoms with Crippen molar-refractivity contribution < 1.29 is 80.2 Å². The number of carbonyl (C=O) groups excluding carboxylic acids is 4. The van der Waals surface area contributed by atoms with Crippen LogP contribution in [0.1, 0.15) is 394 Å². The van der Waals surface area contributed by atoms with Crippen LogP contribution in [-0.2, 0) is 65.4 Å². The van der Waals surface area contributed by atoms with Crippen molar-refractivity contribution in [2.45, 2.75) is 412 Å². The Morgan fingerprint density at radius 3 is 0.755 bits per heavy atom. The summed E-state index contributed by atoms with van der Waals surface area (Å²) in [6.45, 7) is 7.27. The summed E-state index contributed by atoms with van der Waals surface area (Å²) in [7, 11) is -9.90. The second-order valence-corrected chi connectivity index (χ2v) is 30.2. The third-order valence-corrected chi connectivity index (χ3v) is 19.8. The molecule has 0 aliphatic rings. The molecule has 19 heteroatoms. The fourth-order valence-corrected chi connectivity index (χ4v) is 13.1. The summed E-state index contributed by atoms with van der Waals surface area (Å²) in [6.07, 6.45) is 56.9. The largest absolute Gasteiger partial charge is 0.472 e. The lowest BCUT2D eigenvalue weighted by molar-refractivity contribution is -0.161. The molecule has 0 heterocycles. The normalized spacial score (nSPS) is 14.3. The highest BCUT2D eigenvalue weighted by atomic mass is 31.2. The van der Waals surface area contributed by atoms with Gasteiger partial charge in [0.15, 0.2) is 12.2 Å². The molecule has 0 spiro atoms. The smallest absolute Gasteiger partial charge is 0.462 e. The van der Waals surface area contributed by atoms with Crippen molar-refractivity contribution in [3.8, 4) is 0 Å². The van der Waals surface area contributed by atoms with Gasteiger partial charge in [-0.15, -0.1) is 0 Å². The molecule has 17 nitrogen and oxygen atoms in total. The molecule has 0 aromatic rings. The third-order valence-electron chi connectivity index (χ3n) is 17.9. The molecular formula is C75H146O17P2. The van der Waals surface area contributed by atoms with Gasteiger partial charge >= 0.3 is 39.5 Å². The van der Waals surface area contributed by atoms with Crippen LogP contribution in [0.3, 0.4) is 0 Å². The van der Waals surface area contributed by atoms with Crippen LogP contribution in [0.5, 0.6) is 0 Å². The van der Waals surface area contributed by atoms with Crippen molar-refractivity contribution in [2.75, 3.05) is 39.6 Å². The van der Waals surface area contributed by atoms with Gasteiger partial charge in [-0.05, 0) is 31.6 Å². The Balaban J connectivity index is 5.18. The zero-order valence-electron chi connectivity index (χ0n) is 61.1. The van der Waals surface area contributed by atoms with E-state index in [1.165, 1.54) is 218 Å². The number of unbranched alkanes of at least 4 members (excludes halogenated alkanes) is 46. The van der Waals surface area contributed by atoms with Crippen molar-refractivity contribution in [1.82, 2.24) is 0 Å². The van der Waals surface area contributed by atoms with Crippen LogP contribution in [0.2, 0.25) is 0 Å². The summed E-state index contributed by atoms with van der Waals surface area (Å²) in [5.74, 6) is -1.34. The lowest BCUT2D eigenvalue weighted by Crippen LogP contribution is -2.30. The van der Waals surface area contributed by atoms with E-state index in [2.05, 4.69) is 34.6 Å². The second kappa shape index (κ2) is 68.2. The fourth-order valence-electron chi connectivity index (χ4n) is 11.5. The van der Waals surface area contributed by atoms with Gasteiger partial charge in [0.1, 0.15) is 19.3 Å². The van der Waals surface area contributed by atoms with Gasteiger partial charge in [-0.1, -0.05) is 343 Å². The predicted octanol–water partition coefficient (Wildman–Crippen LogP) is 22.1. The van der Waals surface area contributed by atoms with Gasteiger partial charge in [-0.3, -0.25) is 37.3 Å². The standard InChI is InChI=1S/C75H146O17P2/c1-6-10-13-16-19-22-25-26-27-28-29-30-31-32-33-34-36-39-46-51-56-61-75(80)92-71(65-86-73(78)59-54-49-44-41-40-42-47-52-57-68(5)9-4)67-90-94(83,84)88-63-69(76)62-87-93(81,82)89-66-70(64-85-72(77)58-53-48-43-37-24-21-18-15-12-8-3)91-74(79)60-55-50-45-38-35-23-20-17-14-11-7-2/h68-71,76H,6-67H2,1-5H3,(H,81,82)(H,83,84)/t68?,69-,70+,71+/m0/s1. The molecule has 0 saturated heterocycles. The van der Waals surface area contributed by atoms with Crippen LogP contribution in [0.4, 0.5) is 0 Å². The van der Waals surface area contributed by atoms with Crippen molar-refractivity contribution in [3.05, 3.63) is 0 Å². The Kier molecular flexibility index (Phi) is 66.8. The van der Waals surface area contributed by atoms with Crippen molar-refractivity contribution in [2.24, 2.45) is 5.92 Å². The van der Waals surface area contributed by atoms with E-state index in [1.54, 1.807) is 0 Å². The summed E-state index contributed by atoms with van der Waals surface area (Å²) >= 11 is 0. The maximum Gasteiger partial charge on any atom is 0.472 e. The Morgan fingerprint density at radius 2 is 0.511 bits per heavy atom. The molecule has 0 aliphatic heterocycles. The molecule has 0 amide bonds. The van der Waals surface area contributed by atoms with Gasteiger partial charge in [0.2, 0.25) is 0 Å². The average Bonchev–Trinajstić information content (AvgIpc) is 1.22. The zero-order chi connectivity index (χ0) is 69.1. The molecule has 0 bridgehead atoms. The number of hydrogen-bond acceptors (Lipinski definition) is 15. The number of ether oxygens (including phenoxy) is 4. The van der Waals surface area contributed by atoms with E-state index < -0.39 is 97.5 Å². The topological polar surface area (TPSA) is 237 Å². The first-order valence-electron chi connectivity index (χ1n) is 39.2. The Labute approximate surface area is 575 Å². The number of carbonyl (C=O) groups is 4. The van der Waals surface area contributed by atoms with Gasteiger partial charge in [0.05, 0.1) is 26.4 Å². The fraction of sp³-hybridized carbons (Fsp3) is 0.947. The monoisotopic (exact) mass is 1380 g/mol. The minimum atomic E-state index is -4.96. The number of aliphatic hydroxyl groups is 1. The SMILES string of the molecule is CCCCCCCCCCCCCCCCCCCCCCCC(=O)O[C@H](COC(=O)CCCCCCCCCCC(C)CC)COP(=O)(O)OC[C@@H](O)COP(=O)(O)OC[C@@H](COC(=O)CCCCCCCCCCCC)OC(=O)CCCCCCCCCCCCC. The quantitative estimate of drug-likeness (QED) is 0.0222. The van der Waals surface area contributed by atoms with Gasteiger partial charge < -0.3 is 33.8 Å². The molecule has 558 valence electrons. The molecule has 0 radical (unpaired) electrons. The molecule has 0 aromatic heterocycles. The number of hydrogen-bond donors (Lipinski definition) is 3. The first-order valence-corrected chi connectivity index (χ1v) is 42.2. The molecule has 0 saturated carbocycles. The maximum absolute atomic E-state index is 13.1. The van der Waals surface area contributed by atoms with E-state index in [9.17, 15) is 43.2 Å². The Bertz CT molecular complexity index is 1810. The van der Waals surface area contributed by atoms with Gasteiger partial charge in [0, 0.05) is 25.7 Å². The van der Waals surface area contributed by atoms with Crippen LogP contribution in [-0.4, -0.2) is 96.7 Å². The third kappa shape index (κ3) is 67.3. The van der Waals surface area contributed by atoms with Gasteiger partial charge in [-0.2, -0.15) is 0 Å². The van der Waals surface area contributed by atoms with E-state index in [4.69, 9.17) is 37.0 Å². The summed E-state index contributed by atoms with van der Waals surface area (Å²) in [5, 5.41) is 10.6.